The van der Waals surface area contributed by atoms with E-state index < -0.39 is 0 Å². The number of pyridine rings is 1. The Morgan fingerprint density at radius 2 is 1.42 bits per heavy atom. The Kier molecular flexibility index (Phi) is 17.3. The molecule has 0 aliphatic carbocycles. The summed E-state index contributed by atoms with van der Waals surface area (Å²) in [4.78, 5) is 14.3. The van der Waals surface area contributed by atoms with E-state index in [2.05, 4.69) is 6.92 Å². The van der Waals surface area contributed by atoms with Crippen LogP contribution in [0.15, 0.2) is 42.7 Å². The quantitative estimate of drug-likeness (QED) is 0.145. The molecule has 36 heavy (non-hydrogen) atoms. The van der Waals surface area contributed by atoms with Crippen molar-refractivity contribution in [3.8, 4) is 11.5 Å². The maximum atomic E-state index is 12.6. The van der Waals surface area contributed by atoms with E-state index in [-0.39, 0.29) is 29.9 Å². The summed E-state index contributed by atoms with van der Waals surface area (Å²) >= 11 is 0. The Hall–Kier alpha value is -1.83. The Balaban J connectivity index is 0.00000648. The number of carbonyl (C=O) groups is 1. The van der Waals surface area contributed by atoms with E-state index in [1.165, 1.54) is 70.6 Å². The van der Waals surface area contributed by atoms with Gasteiger partial charge >= 0.3 is 0 Å². The molecule has 2 aromatic rings. The van der Waals surface area contributed by atoms with E-state index in [4.69, 9.17) is 9.47 Å². The third-order valence-corrected chi connectivity index (χ3v) is 6.48. The van der Waals surface area contributed by atoms with Gasteiger partial charge in [-0.3, -0.25) is 4.79 Å². The van der Waals surface area contributed by atoms with Gasteiger partial charge in [-0.25, -0.2) is 4.57 Å². The highest BCUT2D eigenvalue weighted by atomic mass is 127. The zero-order valence-corrected chi connectivity index (χ0v) is 25.1. The van der Waals surface area contributed by atoms with Gasteiger partial charge in [-0.2, -0.15) is 0 Å². The van der Waals surface area contributed by atoms with E-state index in [9.17, 15) is 4.79 Å². The molecule has 5 nitrogen and oxygen atoms in total. The second kappa shape index (κ2) is 19.3. The standard InChI is InChI=1S/C30H47N2O3.HI/c1-5-6-7-8-9-10-11-12-13-14-15-16-24-35-30-28(18-17-19-29(30)34-4)32(26(2)33)25-27-20-22-31(3)23-21-27;/h17-23H,5-16,24-25H2,1-4H3;1H/q+1;/p-1. The van der Waals surface area contributed by atoms with Gasteiger partial charge in [0.2, 0.25) is 5.91 Å². The highest BCUT2D eigenvalue weighted by Crippen LogP contribution is 2.38. The minimum atomic E-state index is -0.0262. The number of rotatable bonds is 18. The number of anilines is 1. The van der Waals surface area contributed by atoms with E-state index in [0.717, 1.165) is 17.7 Å². The van der Waals surface area contributed by atoms with Crippen LogP contribution in [0.4, 0.5) is 5.69 Å². The minimum Gasteiger partial charge on any atom is -1.00 e. The van der Waals surface area contributed by atoms with Crippen LogP contribution >= 0.6 is 0 Å². The Labute approximate surface area is 236 Å². The predicted molar refractivity (Wildman–Crippen MR) is 144 cm³/mol. The van der Waals surface area contributed by atoms with Crippen molar-refractivity contribution < 1.29 is 42.8 Å². The van der Waals surface area contributed by atoms with Gasteiger partial charge in [0.1, 0.15) is 7.05 Å². The molecule has 0 aliphatic rings. The normalized spacial score (nSPS) is 10.6. The van der Waals surface area contributed by atoms with Crippen LogP contribution in [0.2, 0.25) is 0 Å². The van der Waals surface area contributed by atoms with Gasteiger partial charge in [-0.1, -0.05) is 83.6 Å². The summed E-state index contributed by atoms with van der Waals surface area (Å²) in [5.74, 6) is 1.28. The maximum absolute atomic E-state index is 12.6. The zero-order chi connectivity index (χ0) is 25.3. The smallest absolute Gasteiger partial charge is 0.224 e. The summed E-state index contributed by atoms with van der Waals surface area (Å²) < 4.78 is 13.8. The van der Waals surface area contributed by atoms with E-state index in [1.807, 2.05) is 54.3 Å². The van der Waals surface area contributed by atoms with Gasteiger partial charge in [-0.05, 0) is 24.1 Å². The molecule has 6 heteroatoms. The fraction of sp³-hybridized carbons (Fsp3) is 0.600. The summed E-state index contributed by atoms with van der Waals surface area (Å²) in [5.41, 5.74) is 1.82. The van der Waals surface area contributed by atoms with Gasteiger partial charge in [0, 0.05) is 19.1 Å². The monoisotopic (exact) mass is 610 g/mol. The molecule has 0 atom stereocenters. The molecule has 0 N–H and O–H groups in total. The van der Waals surface area contributed by atoms with Crippen molar-refractivity contribution >= 4 is 11.6 Å². The number of para-hydroxylation sites is 1. The summed E-state index contributed by atoms with van der Waals surface area (Å²) in [7, 11) is 3.63. The molecule has 1 amide bonds. The SMILES string of the molecule is CCCCCCCCCCCCCCOc1c(OC)cccc1N(Cc1cc[n+](C)cc1)C(C)=O.[I-]. The van der Waals surface area contributed by atoms with E-state index in [1.54, 1.807) is 18.9 Å². The van der Waals surface area contributed by atoms with Crippen LogP contribution < -0.4 is 42.9 Å². The van der Waals surface area contributed by atoms with Gasteiger partial charge in [0.25, 0.3) is 0 Å². The highest BCUT2D eigenvalue weighted by molar-refractivity contribution is 5.93. The number of benzene rings is 1. The number of nitrogens with zero attached hydrogens (tertiary/aromatic N) is 2. The molecule has 202 valence electrons. The maximum Gasteiger partial charge on any atom is 0.224 e. The number of hydrogen-bond acceptors (Lipinski definition) is 3. The second-order valence-electron chi connectivity index (χ2n) is 9.52. The Bertz CT molecular complexity index is 858. The molecule has 0 aliphatic heterocycles. The summed E-state index contributed by atoms with van der Waals surface area (Å²) in [6.45, 7) is 4.97. The van der Waals surface area contributed by atoms with Crippen molar-refractivity contribution in [1.82, 2.24) is 0 Å². The van der Waals surface area contributed by atoms with Crippen molar-refractivity contribution in [1.29, 1.82) is 0 Å². The van der Waals surface area contributed by atoms with Gasteiger partial charge < -0.3 is 38.4 Å². The number of unbranched alkanes of at least 4 members (excludes halogenated alkanes) is 11. The number of aromatic nitrogens is 1. The van der Waals surface area contributed by atoms with Crippen LogP contribution in [0.3, 0.4) is 0 Å². The average Bonchev–Trinajstić information content (AvgIpc) is 2.86. The van der Waals surface area contributed by atoms with E-state index >= 15 is 0 Å². The largest absolute Gasteiger partial charge is 1.00 e. The molecule has 1 aromatic carbocycles. The van der Waals surface area contributed by atoms with Crippen LogP contribution in [-0.2, 0) is 18.4 Å². The number of aryl methyl sites for hydroxylation is 1. The van der Waals surface area contributed by atoms with E-state index in [0.29, 0.717) is 24.7 Å². The highest BCUT2D eigenvalue weighted by Gasteiger charge is 2.20. The summed E-state index contributed by atoms with van der Waals surface area (Å²) in [5, 5.41) is 0. The van der Waals surface area contributed by atoms with Gasteiger partial charge in [0.05, 0.1) is 25.9 Å². The third kappa shape index (κ3) is 11.9. The molecule has 0 unspecified atom stereocenters. The van der Waals surface area contributed by atoms with Crippen LogP contribution in [0.5, 0.6) is 11.5 Å². The minimum absolute atomic E-state index is 0. The molecule has 1 heterocycles. The van der Waals surface area contributed by atoms with Gasteiger partial charge in [0.15, 0.2) is 23.9 Å². The zero-order valence-electron chi connectivity index (χ0n) is 22.9. The molecule has 2 rings (SSSR count). The van der Waals surface area contributed by atoms with Crippen LogP contribution in [0.25, 0.3) is 0 Å². The predicted octanol–water partition coefficient (Wildman–Crippen LogP) is 4.16. The van der Waals surface area contributed by atoms with Crippen molar-refractivity contribution in [2.24, 2.45) is 7.05 Å². The fourth-order valence-corrected chi connectivity index (χ4v) is 4.33. The lowest BCUT2D eigenvalue weighted by Crippen LogP contribution is -3.00. The van der Waals surface area contributed by atoms with Crippen molar-refractivity contribution in [2.45, 2.75) is 97.4 Å². The average molecular weight is 611 g/mol. The number of hydrogen-bond donors (Lipinski definition) is 0. The Morgan fingerprint density at radius 3 is 1.94 bits per heavy atom. The first-order chi connectivity index (χ1) is 17.1. The first-order valence-electron chi connectivity index (χ1n) is 13.6. The van der Waals surface area contributed by atoms with Crippen LogP contribution in [0, 0.1) is 0 Å². The fourth-order valence-electron chi connectivity index (χ4n) is 4.33. The van der Waals surface area contributed by atoms with Crippen LogP contribution in [0.1, 0.15) is 96.5 Å². The number of halogens is 1. The summed E-state index contributed by atoms with van der Waals surface area (Å²) in [6.07, 6.45) is 19.7. The molecule has 0 spiro atoms. The third-order valence-electron chi connectivity index (χ3n) is 6.48. The lowest BCUT2D eigenvalue weighted by molar-refractivity contribution is -0.671. The molecule has 0 bridgehead atoms. The number of methoxy groups -OCH3 is 1. The molecule has 0 saturated heterocycles. The van der Waals surface area contributed by atoms with Crippen LogP contribution in [-0.4, -0.2) is 19.6 Å². The summed E-state index contributed by atoms with van der Waals surface area (Å²) in [6, 6.07) is 9.80. The topological polar surface area (TPSA) is 42.7 Å². The molecular weight excluding hydrogens is 563 g/mol. The number of amides is 1. The number of ether oxygens (including phenoxy) is 2. The first-order valence-corrected chi connectivity index (χ1v) is 13.6. The van der Waals surface area contributed by atoms with Gasteiger partial charge in [-0.15, -0.1) is 0 Å². The molecule has 0 radical (unpaired) electrons. The first kappa shape index (κ1) is 32.2. The second-order valence-corrected chi connectivity index (χ2v) is 9.52. The van der Waals surface area contributed by atoms with Crippen molar-refractivity contribution in [2.75, 3.05) is 18.6 Å². The Morgan fingerprint density at radius 1 is 0.861 bits per heavy atom. The molecular formula is C30H47IN2O3. The number of carbonyl (C=O) groups excluding carboxylic acids is 1. The molecule has 0 fully saturated rings. The molecule has 0 saturated carbocycles. The lowest BCUT2D eigenvalue weighted by Gasteiger charge is -2.25. The lowest BCUT2D eigenvalue weighted by atomic mass is 10.1. The molecule has 1 aromatic heterocycles. The van der Waals surface area contributed by atoms with Crippen molar-refractivity contribution in [3.63, 3.8) is 0 Å². The van der Waals surface area contributed by atoms with Crippen molar-refractivity contribution in [3.05, 3.63) is 48.3 Å².